The van der Waals surface area contributed by atoms with Crippen LogP contribution in [-0.2, 0) is 0 Å². The van der Waals surface area contributed by atoms with Gasteiger partial charge in [0.2, 0.25) is 0 Å². The summed E-state index contributed by atoms with van der Waals surface area (Å²) in [5.74, 6) is 5.44. The molecular weight excluding hydrogens is 156 g/mol. The standard InChI is InChI=1S/C13H22/c1-8-4-5-11(8)12-7-10-6-9(2)13(10,12)3/h8-12H,4-7H2,1-3H3. The van der Waals surface area contributed by atoms with Gasteiger partial charge in [0.05, 0.1) is 0 Å². The molecule has 0 N–H and O–H groups in total. The third-order valence-corrected chi connectivity index (χ3v) is 6.12. The molecule has 0 spiro atoms. The van der Waals surface area contributed by atoms with Gasteiger partial charge in [-0.25, -0.2) is 0 Å². The summed E-state index contributed by atoms with van der Waals surface area (Å²) in [6, 6.07) is 0. The van der Waals surface area contributed by atoms with E-state index in [0.717, 1.165) is 35.0 Å². The van der Waals surface area contributed by atoms with Crippen LogP contribution in [0.4, 0.5) is 0 Å². The van der Waals surface area contributed by atoms with Gasteiger partial charge in [-0.1, -0.05) is 27.2 Å². The average Bonchev–Trinajstić information content (AvgIpc) is 2.12. The molecule has 0 amide bonds. The minimum absolute atomic E-state index is 0.791. The maximum atomic E-state index is 2.57. The molecule has 3 fully saturated rings. The highest BCUT2D eigenvalue weighted by Gasteiger charge is 2.64. The van der Waals surface area contributed by atoms with Gasteiger partial charge in [0.25, 0.3) is 0 Å². The molecule has 74 valence electrons. The molecule has 0 saturated heterocycles. The van der Waals surface area contributed by atoms with E-state index in [0.29, 0.717) is 0 Å². The van der Waals surface area contributed by atoms with E-state index in [1.807, 2.05) is 0 Å². The Bertz CT molecular complexity index is 226. The summed E-state index contributed by atoms with van der Waals surface area (Å²) in [5.41, 5.74) is 0.791. The minimum atomic E-state index is 0.791. The summed E-state index contributed by atoms with van der Waals surface area (Å²) >= 11 is 0. The molecular formula is C13H22. The van der Waals surface area contributed by atoms with Crippen LogP contribution in [0, 0.1) is 35.0 Å². The van der Waals surface area contributed by atoms with E-state index in [4.69, 9.17) is 0 Å². The molecule has 0 aromatic heterocycles. The van der Waals surface area contributed by atoms with Crippen LogP contribution in [0.25, 0.3) is 0 Å². The van der Waals surface area contributed by atoms with Crippen LogP contribution in [0.2, 0.25) is 0 Å². The van der Waals surface area contributed by atoms with Crippen LogP contribution in [-0.4, -0.2) is 0 Å². The fourth-order valence-corrected chi connectivity index (χ4v) is 4.52. The van der Waals surface area contributed by atoms with E-state index in [1.54, 1.807) is 12.8 Å². The highest BCUT2D eigenvalue weighted by atomic mass is 14.7. The number of hydrogen-bond donors (Lipinski definition) is 0. The van der Waals surface area contributed by atoms with Crippen molar-refractivity contribution in [2.45, 2.75) is 46.5 Å². The molecule has 3 rings (SSSR count). The molecule has 3 saturated carbocycles. The summed E-state index contributed by atoms with van der Waals surface area (Å²) in [7, 11) is 0. The molecule has 0 radical (unpaired) electrons. The highest BCUT2D eigenvalue weighted by Crippen LogP contribution is 2.71. The first-order valence-electron chi connectivity index (χ1n) is 6.14. The van der Waals surface area contributed by atoms with Gasteiger partial charge in [-0.15, -0.1) is 0 Å². The molecule has 3 aliphatic rings. The van der Waals surface area contributed by atoms with Crippen molar-refractivity contribution in [2.24, 2.45) is 35.0 Å². The van der Waals surface area contributed by atoms with Gasteiger partial charge in [0.1, 0.15) is 0 Å². The Morgan fingerprint density at radius 3 is 2.23 bits per heavy atom. The van der Waals surface area contributed by atoms with Crippen LogP contribution in [0.5, 0.6) is 0 Å². The monoisotopic (exact) mass is 178 g/mol. The summed E-state index contributed by atoms with van der Waals surface area (Å²) in [5, 5.41) is 0. The van der Waals surface area contributed by atoms with Crippen molar-refractivity contribution in [3.8, 4) is 0 Å². The molecule has 0 aromatic rings. The lowest BCUT2D eigenvalue weighted by atomic mass is 9.35. The highest BCUT2D eigenvalue weighted by molar-refractivity contribution is 5.12. The molecule has 0 heterocycles. The van der Waals surface area contributed by atoms with E-state index in [9.17, 15) is 0 Å². The van der Waals surface area contributed by atoms with Crippen LogP contribution >= 0.6 is 0 Å². The van der Waals surface area contributed by atoms with Crippen molar-refractivity contribution in [3.05, 3.63) is 0 Å². The molecule has 0 bridgehead atoms. The zero-order valence-corrected chi connectivity index (χ0v) is 9.22. The van der Waals surface area contributed by atoms with Gasteiger partial charge in [-0.2, -0.15) is 0 Å². The van der Waals surface area contributed by atoms with E-state index in [-0.39, 0.29) is 0 Å². The summed E-state index contributed by atoms with van der Waals surface area (Å²) in [6.07, 6.45) is 6.17. The van der Waals surface area contributed by atoms with Gasteiger partial charge in [-0.3, -0.25) is 0 Å². The maximum Gasteiger partial charge on any atom is -0.0240 e. The van der Waals surface area contributed by atoms with Crippen molar-refractivity contribution >= 4 is 0 Å². The van der Waals surface area contributed by atoms with Gasteiger partial charge < -0.3 is 0 Å². The predicted octanol–water partition coefficient (Wildman–Crippen LogP) is 3.71. The predicted molar refractivity (Wildman–Crippen MR) is 55.4 cm³/mol. The van der Waals surface area contributed by atoms with Crippen molar-refractivity contribution in [1.29, 1.82) is 0 Å². The fraction of sp³-hybridized carbons (Fsp3) is 1.00. The molecule has 0 nitrogen and oxygen atoms in total. The van der Waals surface area contributed by atoms with Crippen LogP contribution in [0.15, 0.2) is 0 Å². The van der Waals surface area contributed by atoms with E-state index < -0.39 is 0 Å². The normalized spacial score (nSPS) is 64.4. The molecule has 0 aromatic carbocycles. The van der Waals surface area contributed by atoms with E-state index >= 15 is 0 Å². The van der Waals surface area contributed by atoms with Crippen molar-refractivity contribution in [2.75, 3.05) is 0 Å². The third kappa shape index (κ3) is 0.789. The molecule has 0 heteroatoms. The average molecular weight is 178 g/mol. The first-order valence-corrected chi connectivity index (χ1v) is 6.14. The second-order valence-corrected chi connectivity index (χ2v) is 6.26. The Morgan fingerprint density at radius 2 is 1.85 bits per heavy atom. The molecule has 6 unspecified atom stereocenters. The Kier molecular flexibility index (Phi) is 1.49. The Labute approximate surface area is 82.1 Å². The van der Waals surface area contributed by atoms with Crippen LogP contribution < -0.4 is 0 Å². The summed E-state index contributed by atoms with van der Waals surface area (Å²) in [6.45, 7) is 7.52. The first-order chi connectivity index (χ1) is 6.14. The molecule has 3 aliphatic carbocycles. The smallest absolute Gasteiger partial charge is 0.0240 e. The van der Waals surface area contributed by atoms with Crippen molar-refractivity contribution in [3.63, 3.8) is 0 Å². The molecule has 0 aliphatic heterocycles. The number of rotatable bonds is 1. The van der Waals surface area contributed by atoms with E-state index in [1.165, 1.54) is 12.8 Å². The Hall–Kier alpha value is 0. The summed E-state index contributed by atoms with van der Waals surface area (Å²) in [4.78, 5) is 0. The van der Waals surface area contributed by atoms with Crippen LogP contribution in [0.1, 0.15) is 46.5 Å². The molecule has 13 heavy (non-hydrogen) atoms. The SMILES string of the molecule is CC1CCC1C1CC2CC(C)C21C. The lowest BCUT2D eigenvalue weighted by Gasteiger charge is -2.70. The number of fused-ring (bicyclic) bond motifs is 1. The first kappa shape index (κ1) is 8.32. The van der Waals surface area contributed by atoms with Crippen molar-refractivity contribution in [1.82, 2.24) is 0 Å². The van der Waals surface area contributed by atoms with Crippen LogP contribution in [0.3, 0.4) is 0 Å². The topological polar surface area (TPSA) is 0 Å². The summed E-state index contributed by atoms with van der Waals surface area (Å²) < 4.78 is 0. The Balaban J connectivity index is 1.74. The third-order valence-electron chi connectivity index (χ3n) is 6.12. The minimum Gasteiger partial charge on any atom is -0.0622 e. The lowest BCUT2D eigenvalue weighted by Crippen LogP contribution is -2.63. The maximum absolute atomic E-state index is 2.57. The zero-order valence-electron chi connectivity index (χ0n) is 9.22. The zero-order chi connectivity index (χ0) is 9.22. The second kappa shape index (κ2) is 2.32. The number of hydrogen-bond acceptors (Lipinski definition) is 0. The van der Waals surface area contributed by atoms with Gasteiger partial charge in [-0.05, 0) is 54.3 Å². The van der Waals surface area contributed by atoms with Gasteiger partial charge in [0, 0.05) is 0 Å². The van der Waals surface area contributed by atoms with Crippen molar-refractivity contribution < 1.29 is 0 Å². The van der Waals surface area contributed by atoms with Gasteiger partial charge >= 0.3 is 0 Å². The second-order valence-electron chi connectivity index (χ2n) is 6.26. The van der Waals surface area contributed by atoms with E-state index in [2.05, 4.69) is 20.8 Å². The molecule has 6 atom stereocenters. The lowest BCUT2D eigenvalue weighted by molar-refractivity contribution is -0.216. The quantitative estimate of drug-likeness (QED) is 0.574. The van der Waals surface area contributed by atoms with Gasteiger partial charge in [0.15, 0.2) is 0 Å². The fourth-order valence-electron chi connectivity index (χ4n) is 4.52. The largest absolute Gasteiger partial charge is 0.0622 e. The Morgan fingerprint density at radius 1 is 1.08 bits per heavy atom.